The van der Waals surface area contributed by atoms with Gasteiger partial charge < -0.3 is 9.84 Å². The predicted octanol–water partition coefficient (Wildman–Crippen LogP) is 1.91. The van der Waals surface area contributed by atoms with Gasteiger partial charge in [-0.3, -0.25) is 9.52 Å². The minimum Gasteiger partial charge on any atom is -0.494 e. The predicted molar refractivity (Wildman–Crippen MR) is 80.4 cm³/mol. The van der Waals surface area contributed by atoms with E-state index in [2.05, 4.69) is 9.71 Å². The first-order chi connectivity index (χ1) is 9.83. The maximum absolute atomic E-state index is 11.8. The van der Waals surface area contributed by atoms with Gasteiger partial charge in [-0.2, -0.15) is 0 Å². The molecular formula is C12H14N2O5S2. The number of fused-ring (bicyclic) bond motifs is 1. The van der Waals surface area contributed by atoms with Gasteiger partial charge in [0.2, 0.25) is 10.0 Å². The Hall–Kier alpha value is -1.87. The fourth-order valence-electron chi connectivity index (χ4n) is 1.55. The maximum atomic E-state index is 11.8. The van der Waals surface area contributed by atoms with E-state index in [1.54, 1.807) is 18.2 Å². The molecule has 0 aliphatic heterocycles. The van der Waals surface area contributed by atoms with E-state index in [1.165, 1.54) is 0 Å². The monoisotopic (exact) mass is 330 g/mol. The first kappa shape index (κ1) is 15.5. The molecule has 2 N–H and O–H groups in total. The van der Waals surface area contributed by atoms with Crippen molar-refractivity contribution in [3.63, 3.8) is 0 Å². The fraction of sp³-hybridized carbons (Fsp3) is 0.333. The summed E-state index contributed by atoms with van der Waals surface area (Å²) >= 11 is 1.12. The van der Waals surface area contributed by atoms with Crippen LogP contribution in [0.15, 0.2) is 18.2 Å². The number of hydrogen-bond donors (Lipinski definition) is 2. The molecule has 1 aromatic carbocycles. The number of carboxylic acid groups (broad SMARTS) is 1. The number of hydrogen-bond acceptors (Lipinski definition) is 6. The summed E-state index contributed by atoms with van der Waals surface area (Å²) in [6, 6.07) is 5.22. The molecule has 1 aromatic heterocycles. The molecule has 0 spiro atoms. The van der Waals surface area contributed by atoms with Crippen molar-refractivity contribution in [2.45, 2.75) is 19.1 Å². The highest BCUT2D eigenvalue weighted by molar-refractivity contribution is 7.94. The molecule has 7 nitrogen and oxygen atoms in total. The second-order valence-corrected chi connectivity index (χ2v) is 7.24. The summed E-state index contributed by atoms with van der Waals surface area (Å²) in [4.78, 5) is 14.9. The van der Waals surface area contributed by atoms with Crippen LogP contribution in [0.5, 0.6) is 5.75 Å². The van der Waals surface area contributed by atoms with Gasteiger partial charge >= 0.3 is 5.97 Å². The molecule has 1 unspecified atom stereocenters. The van der Waals surface area contributed by atoms with Gasteiger partial charge in [-0.15, -0.1) is 0 Å². The van der Waals surface area contributed by atoms with Gasteiger partial charge in [-0.1, -0.05) is 11.3 Å². The number of ether oxygens (including phenoxy) is 1. The Kier molecular flexibility index (Phi) is 4.33. The molecule has 0 fully saturated rings. The summed E-state index contributed by atoms with van der Waals surface area (Å²) in [5, 5.41) is 7.36. The van der Waals surface area contributed by atoms with E-state index in [9.17, 15) is 13.2 Å². The summed E-state index contributed by atoms with van der Waals surface area (Å²) in [5.41, 5.74) is 0.615. The van der Waals surface area contributed by atoms with E-state index >= 15 is 0 Å². The molecule has 0 amide bonds. The Balaban J connectivity index is 2.29. The molecule has 2 aromatic rings. The lowest BCUT2D eigenvalue weighted by molar-refractivity contribution is -0.136. The summed E-state index contributed by atoms with van der Waals surface area (Å²) in [6.07, 6.45) is 0. The van der Waals surface area contributed by atoms with Crippen LogP contribution in [-0.4, -0.2) is 36.3 Å². The lowest BCUT2D eigenvalue weighted by atomic mass is 10.3. The van der Waals surface area contributed by atoms with Gasteiger partial charge in [0.05, 0.1) is 16.8 Å². The Morgan fingerprint density at radius 2 is 2.24 bits per heavy atom. The zero-order valence-corrected chi connectivity index (χ0v) is 13.0. The van der Waals surface area contributed by atoms with E-state index in [4.69, 9.17) is 9.84 Å². The molecule has 0 aliphatic rings. The van der Waals surface area contributed by atoms with E-state index in [0.717, 1.165) is 23.0 Å². The molecule has 0 saturated carbocycles. The van der Waals surface area contributed by atoms with Gasteiger partial charge in [-0.25, -0.2) is 13.4 Å². The summed E-state index contributed by atoms with van der Waals surface area (Å²) in [6.45, 7) is 3.49. The third-order valence-electron chi connectivity index (χ3n) is 2.71. The number of benzene rings is 1. The maximum Gasteiger partial charge on any atom is 0.323 e. The SMILES string of the molecule is CCOc1ccc2nc(NS(=O)(=O)C(C)C(=O)O)sc2c1. The summed E-state index contributed by atoms with van der Waals surface area (Å²) in [5.74, 6) is -0.746. The first-order valence-electron chi connectivity index (χ1n) is 6.11. The highest BCUT2D eigenvalue weighted by atomic mass is 32.2. The first-order valence-corrected chi connectivity index (χ1v) is 8.47. The number of anilines is 1. The van der Waals surface area contributed by atoms with Crippen LogP contribution in [0.1, 0.15) is 13.8 Å². The lowest BCUT2D eigenvalue weighted by Gasteiger charge is -2.08. The molecule has 0 aliphatic carbocycles. The van der Waals surface area contributed by atoms with Crippen molar-refractivity contribution >= 4 is 42.7 Å². The Labute approximate surface area is 125 Å². The largest absolute Gasteiger partial charge is 0.494 e. The summed E-state index contributed by atoms with van der Waals surface area (Å²) in [7, 11) is -4.01. The van der Waals surface area contributed by atoms with E-state index in [1.807, 2.05) is 6.92 Å². The summed E-state index contributed by atoms with van der Waals surface area (Å²) < 4.78 is 32.0. The Morgan fingerprint density at radius 3 is 2.86 bits per heavy atom. The molecule has 9 heteroatoms. The van der Waals surface area contributed by atoms with Crippen LogP contribution in [0.3, 0.4) is 0 Å². The number of thiazole rings is 1. The second-order valence-electron chi connectivity index (χ2n) is 4.21. The molecule has 1 atom stereocenters. The molecule has 114 valence electrons. The number of carboxylic acids is 1. The van der Waals surface area contributed by atoms with Crippen LogP contribution in [0.25, 0.3) is 10.2 Å². The standard InChI is InChI=1S/C12H14N2O5S2/c1-3-19-8-4-5-9-10(6-8)20-12(13-9)14-21(17,18)7(2)11(15)16/h4-7H,3H2,1-2H3,(H,13,14)(H,15,16). The van der Waals surface area contributed by atoms with Crippen LogP contribution in [-0.2, 0) is 14.8 Å². The zero-order chi connectivity index (χ0) is 15.6. The quantitative estimate of drug-likeness (QED) is 0.838. The van der Waals surface area contributed by atoms with Crippen molar-refractivity contribution in [1.29, 1.82) is 0 Å². The molecule has 1 heterocycles. The highest BCUT2D eigenvalue weighted by Gasteiger charge is 2.28. The molecule has 0 radical (unpaired) electrons. The van der Waals surface area contributed by atoms with Crippen LogP contribution in [0.2, 0.25) is 0 Å². The van der Waals surface area contributed by atoms with Crippen molar-refractivity contribution in [1.82, 2.24) is 4.98 Å². The van der Waals surface area contributed by atoms with Crippen molar-refractivity contribution in [3.8, 4) is 5.75 Å². The van der Waals surface area contributed by atoms with Gasteiger partial charge in [0.15, 0.2) is 10.4 Å². The van der Waals surface area contributed by atoms with Crippen LogP contribution in [0, 0.1) is 0 Å². The smallest absolute Gasteiger partial charge is 0.323 e. The van der Waals surface area contributed by atoms with Crippen LogP contribution >= 0.6 is 11.3 Å². The normalized spacial score (nSPS) is 13.0. The minimum atomic E-state index is -4.01. The number of sulfonamides is 1. The number of nitrogens with zero attached hydrogens (tertiary/aromatic N) is 1. The molecular weight excluding hydrogens is 316 g/mol. The van der Waals surface area contributed by atoms with E-state index in [-0.39, 0.29) is 5.13 Å². The van der Waals surface area contributed by atoms with E-state index in [0.29, 0.717) is 17.9 Å². The minimum absolute atomic E-state index is 0.131. The van der Waals surface area contributed by atoms with Gasteiger partial charge in [-0.05, 0) is 32.0 Å². The van der Waals surface area contributed by atoms with Gasteiger partial charge in [0.1, 0.15) is 5.75 Å². The average molecular weight is 330 g/mol. The Bertz CT molecular complexity index is 769. The van der Waals surface area contributed by atoms with E-state index < -0.39 is 21.2 Å². The number of aromatic nitrogens is 1. The van der Waals surface area contributed by atoms with Gasteiger partial charge in [0, 0.05) is 0 Å². The average Bonchev–Trinajstić information content (AvgIpc) is 2.78. The molecule has 0 bridgehead atoms. The number of aliphatic carboxylic acids is 1. The van der Waals surface area contributed by atoms with Crippen molar-refractivity contribution in [2.75, 3.05) is 11.3 Å². The molecule has 0 saturated heterocycles. The third kappa shape index (κ3) is 3.42. The van der Waals surface area contributed by atoms with Crippen LogP contribution < -0.4 is 9.46 Å². The molecule has 21 heavy (non-hydrogen) atoms. The van der Waals surface area contributed by atoms with Crippen molar-refractivity contribution in [2.24, 2.45) is 0 Å². The highest BCUT2D eigenvalue weighted by Crippen LogP contribution is 2.30. The van der Waals surface area contributed by atoms with Crippen LogP contribution in [0.4, 0.5) is 5.13 Å². The number of carbonyl (C=O) groups is 1. The van der Waals surface area contributed by atoms with Crippen molar-refractivity contribution < 1.29 is 23.1 Å². The zero-order valence-electron chi connectivity index (χ0n) is 11.4. The van der Waals surface area contributed by atoms with Crippen molar-refractivity contribution in [3.05, 3.63) is 18.2 Å². The third-order valence-corrected chi connectivity index (χ3v) is 5.39. The number of nitrogens with one attached hydrogen (secondary N) is 1. The molecule has 2 rings (SSSR count). The number of rotatable bonds is 6. The topological polar surface area (TPSA) is 106 Å². The second kappa shape index (κ2) is 5.86. The van der Waals surface area contributed by atoms with Gasteiger partial charge in [0.25, 0.3) is 0 Å². The Morgan fingerprint density at radius 1 is 1.52 bits per heavy atom. The lowest BCUT2D eigenvalue weighted by Crippen LogP contribution is -2.31. The fourth-order valence-corrected chi connectivity index (χ4v) is 3.54.